The Hall–Kier alpha value is -1.17. The molecule has 0 saturated carbocycles. The second-order valence-electron chi connectivity index (χ2n) is 3.91. The van der Waals surface area contributed by atoms with Gasteiger partial charge in [-0.2, -0.15) is 8.78 Å². The van der Waals surface area contributed by atoms with Gasteiger partial charge in [0.15, 0.2) is 0 Å². The van der Waals surface area contributed by atoms with Crippen molar-refractivity contribution in [3.05, 3.63) is 28.8 Å². The average molecular weight is 337 g/mol. The van der Waals surface area contributed by atoms with Crippen molar-refractivity contribution in [2.24, 2.45) is 0 Å². The molecule has 3 nitrogen and oxygen atoms in total. The van der Waals surface area contributed by atoms with Gasteiger partial charge in [0.25, 0.3) is 0 Å². The number of hydrogen-bond acceptors (Lipinski definition) is 3. The highest BCUT2D eigenvalue weighted by molar-refractivity contribution is 9.08. The van der Waals surface area contributed by atoms with Crippen molar-refractivity contribution in [1.82, 2.24) is 0 Å². The van der Waals surface area contributed by atoms with Crippen LogP contribution in [0.2, 0.25) is 0 Å². The molecule has 106 valence electrons. The van der Waals surface area contributed by atoms with Crippen LogP contribution in [0.15, 0.2) is 12.1 Å². The molecular weight excluding hydrogens is 322 g/mol. The van der Waals surface area contributed by atoms with Crippen LogP contribution in [0, 0.1) is 6.92 Å². The third-order valence-corrected chi connectivity index (χ3v) is 2.98. The van der Waals surface area contributed by atoms with Crippen molar-refractivity contribution in [3.8, 4) is 5.75 Å². The van der Waals surface area contributed by atoms with Gasteiger partial charge in [-0.25, -0.2) is 0 Å². The minimum Gasteiger partial charge on any atom is -0.466 e. The molecule has 19 heavy (non-hydrogen) atoms. The van der Waals surface area contributed by atoms with E-state index in [0.29, 0.717) is 16.5 Å². The van der Waals surface area contributed by atoms with Crippen LogP contribution in [0.5, 0.6) is 5.75 Å². The fourth-order valence-corrected chi connectivity index (χ4v) is 2.18. The molecule has 0 heterocycles. The van der Waals surface area contributed by atoms with Gasteiger partial charge in [-0.05, 0) is 13.8 Å². The molecule has 1 rings (SSSR count). The molecule has 1 aromatic carbocycles. The van der Waals surface area contributed by atoms with Gasteiger partial charge < -0.3 is 9.47 Å². The van der Waals surface area contributed by atoms with Gasteiger partial charge in [0.05, 0.1) is 13.0 Å². The number of ether oxygens (including phenoxy) is 2. The van der Waals surface area contributed by atoms with E-state index in [1.54, 1.807) is 19.1 Å². The number of hydrogen-bond donors (Lipinski definition) is 0. The summed E-state index contributed by atoms with van der Waals surface area (Å²) >= 11 is 3.22. The summed E-state index contributed by atoms with van der Waals surface area (Å²) in [5, 5.41) is 0.368. The zero-order valence-corrected chi connectivity index (χ0v) is 12.3. The van der Waals surface area contributed by atoms with E-state index in [-0.39, 0.29) is 18.8 Å². The topological polar surface area (TPSA) is 35.5 Å². The van der Waals surface area contributed by atoms with Crippen LogP contribution < -0.4 is 4.74 Å². The van der Waals surface area contributed by atoms with Crippen LogP contribution in [0.1, 0.15) is 23.6 Å². The minimum absolute atomic E-state index is 0.0468. The first-order valence-corrected chi connectivity index (χ1v) is 6.88. The van der Waals surface area contributed by atoms with Crippen LogP contribution in [-0.2, 0) is 21.3 Å². The number of carbonyl (C=O) groups excluding carboxylic acids is 1. The zero-order chi connectivity index (χ0) is 14.4. The van der Waals surface area contributed by atoms with E-state index in [0.717, 1.165) is 5.56 Å². The van der Waals surface area contributed by atoms with Gasteiger partial charge in [0, 0.05) is 16.5 Å². The summed E-state index contributed by atoms with van der Waals surface area (Å²) in [6.45, 7) is 0.837. The van der Waals surface area contributed by atoms with Crippen molar-refractivity contribution in [3.63, 3.8) is 0 Å². The largest absolute Gasteiger partial charge is 0.466 e. The van der Waals surface area contributed by atoms with Crippen molar-refractivity contribution < 1.29 is 23.0 Å². The second-order valence-corrected chi connectivity index (χ2v) is 4.47. The van der Waals surface area contributed by atoms with E-state index in [4.69, 9.17) is 4.74 Å². The monoisotopic (exact) mass is 336 g/mol. The summed E-state index contributed by atoms with van der Waals surface area (Å²) in [4.78, 5) is 11.5. The maximum atomic E-state index is 12.4. The molecule has 0 aliphatic rings. The van der Waals surface area contributed by atoms with Crippen molar-refractivity contribution in [2.75, 3.05) is 6.61 Å². The fourth-order valence-electron chi connectivity index (χ4n) is 1.77. The normalized spacial score (nSPS) is 10.6. The standard InChI is InChI=1S/C13H15BrF2O3/c1-3-18-11(17)6-9-4-8(2)5-10(7-14)12(9)19-13(15)16/h4-5,13H,3,6-7H2,1-2H3. The zero-order valence-electron chi connectivity index (χ0n) is 10.7. The summed E-state index contributed by atoms with van der Waals surface area (Å²) in [6, 6.07) is 3.39. The van der Waals surface area contributed by atoms with E-state index in [9.17, 15) is 13.6 Å². The number of esters is 1. The maximum absolute atomic E-state index is 12.4. The molecule has 0 unspecified atom stereocenters. The maximum Gasteiger partial charge on any atom is 0.387 e. The second kappa shape index (κ2) is 7.43. The van der Waals surface area contributed by atoms with Crippen LogP contribution in [0.3, 0.4) is 0 Å². The highest BCUT2D eigenvalue weighted by Crippen LogP contribution is 2.30. The Morgan fingerprint density at radius 3 is 2.53 bits per heavy atom. The van der Waals surface area contributed by atoms with Crippen molar-refractivity contribution in [1.29, 1.82) is 0 Å². The lowest BCUT2D eigenvalue weighted by Gasteiger charge is -2.15. The molecule has 0 amide bonds. The lowest BCUT2D eigenvalue weighted by molar-refractivity contribution is -0.142. The van der Waals surface area contributed by atoms with Gasteiger partial charge >= 0.3 is 12.6 Å². The Morgan fingerprint density at radius 2 is 2.00 bits per heavy atom. The van der Waals surface area contributed by atoms with Crippen LogP contribution in [0.25, 0.3) is 0 Å². The van der Waals surface area contributed by atoms with Gasteiger partial charge in [0.1, 0.15) is 5.75 Å². The van der Waals surface area contributed by atoms with Crippen LogP contribution in [-0.4, -0.2) is 19.2 Å². The number of halogens is 3. The van der Waals surface area contributed by atoms with E-state index in [1.165, 1.54) is 0 Å². The first-order chi connectivity index (χ1) is 8.97. The minimum atomic E-state index is -2.93. The quantitative estimate of drug-likeness (QED) is 0.588. The van der Waals surface area contributed by atoms with Gasteiger partial charge in [-0.15, -0.1) is 0 Å². The Bertz CT molecular complexity index is 450. The Kier molecular flexibility index (Phi) is 6.21. The number of rotatable bonds is 6. The van der Waals surface area contributed by atoms with Crippen molar-refractivity contribution in [2.45, 2.75) is 32.2 Å². The molecule has 0 N–H and O–H groups in total. The Labute approximate surface area is 119 Å². The highest BCUT2D eigenvalue weighted by Gasteiger charge is 2.17. The molecular formula is C13H15BrF2O3. The summed E-state index contributed by atoms with van der Waals surface area (Å²) in [6.07, 6.45) is -0.0857. The number of aryl methyl sites for hydroxylation is 1. The van der Waals surface area contributed by atoms with E-state index in [1.807, 2.05) is 6.92 Å². The predicted molar refractivity (Wildman–Crippen MR) is 70.8 cm³/mol. The molecule has 0 radical (unpaired) electrons. The summed E-state index contributed by atoms with van der Waals surface area (Å²) < 4.78 is 34.3. The first-order valence-electron chi connectivity index (χ1n) is 5.76. The van der Waals surface area contributed by atoms with Crippen LogP contribution >= 0.6 is 15.9 Å². The molecule has 0 bridgehead atoms. The number of alkyl halides is 3. The molecule has 1 aromatic rings. The molecule has 0 saturated heterocycles. The third-order valence-electron chi connectivity index (χ3n) is 2.38. The lowest BCUT2D eigenvalue weighted by atomic mass is 10.0. The molecule has 6 heteroatoms. The van der Waals surface area contributed by atoms with Crippen LogP contribution in [0.4, 0.5) is 8.78 Å². The first kappa shape index (κ1) is 15.9. The Balaban J connectivity index is 3.11. The fraction of sp³-hybridized carbons (Fsp3) is 0.462. The van der Waals surface area contributed by atoms with Gasteiger partial charge in [0.2, 0.25) is 0 Å². The predicted octanol–water partition coefficient (Wildman–Crippen LogP) is 3.60. The molecule has 0 spiro atoms. The molecule has 0 aromatic heterocycles. The summed E-state index contributed by atoms with van der Waals surface area (Å²) in [5.74, 6) is -0.418. The number of carbonyl (C=O) groups is 1. The average Bonchev–Trinajstić information content (AvgIpc) is 2.31. The van der Waals surface area contributed by atoms with Crippen molar-refractivity contribution >= 4 is 21.9 Å². The van der Waals surface area contributed by atoms with E-state index >= 15 is 0 Å². The van der Waals surface area contributed by atoms with Gasteiger partial charge in [-0.3, -0.25) is 4.79 Å². The SMILES string of the molecule is CCOC(=O)Cc1cc(C)cc(CBr)c1OC(F)F. The molecule has 0 atom stereocenters. The summed E-state index contributed by atoms with van der Waals surface area (Å²) in [5.41, 5.74) is 1.86. The lowest BCUT2D eigenvalue weighted by Crippen LogP contribution is -2.12. The summed E-state index contributed by atoms with van der Waals surface area (Å²) in [7, 11) is 0. The third kappa shape index (κ3) is 4.78. The van der Waals surface area contributed by atoms with E-state index < -0.39 is 12.6 Å². The number of benzene rings is 1. The molecule has 0 aliphatic heterocycles. The Morgan fingerprint density at radius 1 is 1.37 bits per heavy atom. The van der Waals surface area contributed by atoms with Gasteiger partial charge in [-0.1, -0.05) is 33.6 Å². The molecule has 0 aliphatic carbocycles. The molecule has 0 fully saturated rings. The highest BCUT2D eigenvalue weighted by atomic mass is 79.9. The smallest absolute Gasteiger partial charge is 0.387 e. The van der Waals surface area contributed by atoms with E-state index in [2.05, 4.69) is 20.7 Å².